The maximum atomic E-state index is 6.43. The molecular formula is C63H43N11O2. The first-order valence-corrected chi connectivity index (χ1v) is 25.0. The monoisotopic (exact) mass is 985 g/mol. The minimum atomic E-state index is 0.706. The van der Waals surface area contributed by atoms with Gasteiger partial charge < -0.3 is 33.0 Å². The van der Waals surface area contributed by atoms with E-state index in [1.54, 1.807) is 0 Å². The number of fused-ring (bicyclic) bond motifs is 7. The van der Waals surface area contributed by atoms with Gasteiger partial charge in [0, 0.05) is 73.4 Å². The summed E-state index contributed by atoms with van der Waals surface area (Å²) in [5, 5.41) is 0. The van der Waals surface area contributed by atoms with Crippen molar-refractivity contribution in [3.8, 4) is 79.4 Å². The van der Waals surface area contributed by atoms with Crippen molar-refractivity contribution < 1.29 is 9.47 Å². The Labute approximate surface area is 435 Å². The van der Waals surface area contributed by atoms with Gasteiger partial charge in [-0.15, -0.1) is 0 Å². The molecule has 76 heavy (non-hydrogen) atoms. The first-order valence-electron chi connectivity index (χ1n) is 25.0. The Morgan fingerprint density at radius 1 is 0.329 bits per heavy atom. The lowest BCUT2D eigenvalue weighted by atomic mass is 9.84. The molecule has 0 radical (unpaired) electrons. The number of aromatic nitrogens is 9. The lowest BCUT2D eigenvalue weighted by Crippen LogP contribution is -2.15. The molecule has 0 atom stereocenters. The summed E-state index contributed by atoms with van der Waals surface area (Å²) in [5.41, 5.74) is 16.6. The van der Waals surface area contributed by atoms with Crippen molar-refractivity contribution in [1.29, 1.82) is 0 Å². The van der Waals surface area contributed by atoms with Crippen LogP contribution in [0.1, 0.15) is 0 Å². The fourth-order valence-corrected chi connectivity index (χ4v) is 11.1. The molecule has 2 aliphatic rings. The molecule has 0 bridgehead atoms. The van der Waals surface area contributed by atoms with Crippen LogP contribution in [0.5, 0.6) is 23.0 Å². The lowest BCUT2D eigenvalue weighted by molar-refractivity contribution is 0.477. The van der Waals surface area contributed by atoms with Crippen LogP contribution in [0.15, 0.2) is 207 Å². The predicted octanol–water partition coefficient (Wildman–Crippen LogP) is 15.0. The first-order chi connectivity index (χ1) is 37.4. The molecule has 362 valence electrons. The van der Waals surface area contributed by atoms with Gasteiger partial charge in [-0.1, -0.05) is 72.8 Å². The number of hydrogen-bond donors (Lipinski definition) is 0. The summed E-state index contributed by atoms with van der Waals surface area (Å²) in [7, 11) is 6.11. The third-order valence-corrected chi connectivity index (χ3v) is 14.6. The molecule has 15 rings (SSSR count). The fraction of sp³-hybridized carbons (Fsp3) is 0.0476. The Balaban J connectivity index is 1.04. The van der Waals surface area contributed by atoms with Gasteiger partial charge in [0.05, 0.1) is 22.7 Å². The average Bonchev–Trinajstić information content (AvgIpc) is 4.23. The van der Waals surface area contributed by atoms with E-state index in [2.05, 4.69) is 102 Å². The topological polar surface area (TPSA) is 117 Å². The number of para-hydroxylation sites is 8. The van der Waals surface area contributed by atoms with Crippen molar-refractivity contribution in [2.75, 3.05) is 9.80 Å². The van der Waals surface area contributed by atoms with Gasteiger partial charge in [-0.2, -0.15) is 0 Å². The number of ether oxygens (including phenoxy) is 2. The third-order valence-electron chi connectivity index (χ3n) is 14.6. The second-order valence-corrected chi connectivity index (χ2v) is 19.0. The van der Waals surface area contributed by atoms with E-state index in [1.165, 1.54) is 0 Å². The highest BCUT2D eigenvalue weighted by atomic mass is 16.5. The molecule has 0 saturated heterocycles. The van der Waals surface area contributed by atoms with E-state index in [0.29, 0.717) is 5.82 Å². The highest BCUT2D eigenvalue weighted by Gasteiger charge is 2.33. The largest absolute Gasteiger partial charge is 0.453 e. The Morgan fingerprint density at radius 3 is 1.12 bits per heavy atom. The summed E-state index contributed by atoms with van der Waals surface area (Å²) < 4.78 is 19.1. The minimum absolute atomic E-state index is 0.706. The quantitative estimate of drug-likeness (QED) is 0.153. The van der Waals surface area contributed by atoms with Gasteiger partial charge >= 0.3 is 0 Å². The molecule has 2 aliphatic heterocycles. The van der Waals surface area contributed by atoms with Gasteiger partial charge in [-0.25, -0.2) is 29.9 Å². The molecule has 0 fully saturated rings. The van der Waals surface area contributed by atoms with Gasteiger partial charge in [0.25, 0.3) is 0 Å². The lowest BCUT2D eigenvalue weighted by Gasteiger charge is -2.33. The Morgan fingerprint density at radius 2 is 0.697 bits per heavy atom. The van der Waals surface area contributed by atoms with Crippen LogP contribution < -0.4 is 19.3 Å². The van der Waals surface area contributed by atoms with Crippen molar-refractivity contribution in [3.05, 3.63) is 207 Å². The summed E-state index contributed by atoms with van der Waals surface area (Å²) in [5.74, 6) is 5.30. The Hall–Kier alpha value is -10.4. The summed E-state index contributed by atoms with van der Waals surface area (Å²) in [4.78, 5) is 35.5. The summed E-state index contributed by atoms with van der Waals surface area (Å²) in [6.07, 6.45) is 5.44. The second-order valence-electron chi connectivity index (χ2n) is 19.0. The molecule has 0 aliphatic carbocycles. The van der Waals surface area contributed by atoms with Crippen LogP contribution in [0.2, 0.25) is 0 Å². The van der Waals surface area contributed by atoms with Crippen LogP contribution in [0.3, 0.4) is 0 Å². The number of rotatable bonds is 7. The van der Waals surface area contributed by atoms with Gasteiger partial charge in [-0.05, 0) is 132 Å². The molecule has 13 nitrogen and oxygen atoms in total. The normalized spacial score (nSPS) is 12.6. The molecule has 0 unspecified atom stereocenters. The van der Waals surface area contributed by atoms with Crippen LogP contribution in [-0.2, 0) is 21.1 Å². The number of imidazole rings is 3. The van der Waals surface area contributed by atoms with E-state index in [0.717, 1.165) is 141 Å². The zero-order valence-electron chi connectivity index (χ0n) is 41.4. The number of benzene rings is 7. The van der Waals surface area contributed by atoms with Crippen molar-refractivity contribution >= 4 is 67.6 Å². The molecule has 0 saturated carbocycles. The molecular weight excluding hydrogens is 943 g/mol. The number of hydrogen-bond acceptors (Lipinski definition) is 10. The van der Waals surface area contributed by atoms with Crippen molar-refractivity contribution in [1.82, 2.24) is 43.6 Å². The van der Waals surface area contributed by atoms with Gasteiger partial charge in [0.1, 0.15) is 34.0 Å². The highest BCUT2D eigenvalue weighted by Crippen LogP contribution is 2.55. The fourth-order valence-electron chi connectivity index (χ4n) is 11.1. The van der Waals surface area contributed by atoms with Crippen LogP contribution in [0, 0.1) is 0 Å². The first kappa shape index (κ1) is 43.2. The van der Waals surface area contributed by atoms with E-state index in [9.17, 15) is 0 Å². The minimum Gasteiger partial charge on any atom is -0.453 e. The van der Waals surface area contributed by atoms with E-state index in [-0.39, 0.29) is 0 Å². The van der Waals surface area contributed by atoms with Crippen molar-refractivity contribution in [3.63, 3.8) is 0 Å². The number of anilines is 6. The van der Waals surface area contributed by atoms with Gasteiger partial charge in [-0.3, -0.25) is 0 Å². The Kier molecular flexibility index (Phi) is 9.57. The van der Waals surface area contributed by atoms with Crippen LogP contribution in [-0.4, -0.2) is 43.6 Å². The van der Waals surface area contributed by atoms with E-state index in [1.807, 2.05) is 149 Å². The molecule has 0 N–H and O–H groups in total. The zero-order chi connectivity index (χ0) is 50.6. The Bertz CT molecular complexity index is 4390. The van der Waals surface area contributed by atoms with Crippen LogP contribution >= 0.6 is 0 Å². The third kappa shape index (κ3) is 6.58. The second kappa shape index (κ2) is 16.8. The van der Waals surface area contributed by atoms with Crippen LogP contribution in [0.25, 0.3) is 89.9 Å². The standard InChI is InChI=1S/C63H43N11O2/c1-70-58(67-44-15-12-34-64-59(44)70)43-37-42(38-26-30-40(31-27-38)73-47-18-4-8-22-51(47)75-52-23-9-5-19-48(52)73)56(62-68-45-16-13-35-65-60(45)71(62)2)57(63-69-46-17-14-36-66-61(46)72(63)3)55(43)39-28-32-41(33-29-39)74-49-20-6-10-24-53(49)76-54-25-11-7-21-50(54)74/h4-37H,1-3H3. The van der Waals surface area contributed by atoms with E-state index in [4.69, 9.17) is 39.4 Å². The summed E-state index contributed by atoms with van der Waals surface area (Å²) in [6, 6.07) is 64.2. The maximum absolute atomic E-state index is 6.43. The molecule has 8 heterocycles. The molecule has 6 aromatic heterocycles. The van der Waals surface area contributed by atoms with Gasteiger partial charge in [0.15, 0.2) is 39.9 Å². The average molecular weight is 986 g/mol. The number of aryl methyl sites for hydroxylation is 3. The molecule has 13 aromatic rings. The molecule has 13 heteroatoms. The van der Waals surface area contributed by atoms with Crippen molar-refractivity contribution in [2.24, 2.45) is 21.1 Å². The van der Waals surface area contributed by atoms with Gasteiger partial charge in [0.2, 0.25) is 0 Å². The summed E-state index contributed by atoms with van der Waals surface area (Å²) in [6.45, 7) is 0. The zero-order valence-corrected chi connectivity index (χ0v) is 41.4. The smallest absolute Gasteiger partial charge is 0.159 e. The number of nitrogens with zero attached hydrogens (tertiary/aromatic N) is 11. The molecule has 7 aromatic carbocycles. The molecule has 0 amide bonds. The summed E-state index contributed by atoms with van der Waals surface area (Å²) >= 11 is 0. The number of pyridine rings is 3. The maximum Gasteiger partial charge on any atom is 0.159 e. The van der Waals surface area contributed by atoms with Crippen LogP contribution in [0.4, 0.5) is 34.1 Å². The highest BCUT2D eigenvalue weighted by molar-refractivity contribution is 6.07. The van der Waals surface area contributed by atoms with E-state index >= 15 is 0 Å². The predicted molar refractivity (Wildman–Crippen MR) is 299 cm³/mol. The van der Waals surface area contributed by atoms with Crippen molar-refractivity contribution in [2.45, 2.75) is 0 Å². The SMILES string of the molecule is Cn1c(-c2cc(-c3ccc(N4c5ccccc5Oc5ccccc54)cc3)c(-c3nc4cccnc4n3C)c(-c3nc4cccnc4n3C)c2-c2ccc(N3c4ccccc4Oc4ccccc43)cc2)nc2cccnc21. The van der Waals surface area contributed by atoms with E-state index < -0.39 is 0 Å². The molecule has 0 spiro atoms.